The van der Waals surface area contributed by atoms with Gasteiger partial charge in [-0.3, -0.25) is 10.2 Å². The largest absolute Gasteiger partial charge is 0.494 e. The maximum absolute atomic E-state index is 11.7. The minimum atomic E-state index is -0.0547. The Bertz CT molecular complexity index is 783. The molecule has 3 rings (SSSR count). The molecule has 0 radical (unpaired) electrons. The molecule has 0 saturated carbocycles. The van der Waals surface area contributed by atoms with E-state index in [1.165, 1.54) is 32.1 Å². The van der Waals surface area contributed by atoms with Crippen LogP contribution in [0.1, 0.15) is 51.0 Å². The first-order chi connectivity index (χ1) is 12.8. The molecule has 0 aromatic heterocycles. The first kappa shape index (κ1) is 18.5. The Labute approximate surface area is 155 Å². The molecule has 1 amide bonds. The number of hydrazine groups is 1. The van der Waals surface area contributed by atoms with Crippen molar-refractivity contribution in [3.63, 3.8) is 0 Å². The maximum Gasteiger partial charge on any atom is 0.262 e. The Balaban J connectivity index is 1.62. The second-order valence-electron chi connectivity index (χ2n) is 6.82. The van der Waals surface area contributed by atoms with E-state index in [-0.39, 0.29) is 5.91 Å². The standard InChI is InChI=1S/C22H28N2O2/c1-2-3-4-5-6-7-13-26-20-11-12-21-17(9-8-10-18(21)15-20)14-19-16-23-24-22(19)25/h8-12,14-15,23H,2-7,13,16H2,1H3,(H,24,25)/b19-14+. The summed E-state index contributed by atoms with van der Waals surface area (Å²) in [5, 5.41) is 2.26. The van der Waals surface area contributed by atoms with E-state index in [1.54, 1.807) is 0 Å². The van der Waals surface area contributed by atoms with E-state index < -0.39 is 0 Å². The Kier molecular flexibility index (Phi) is 6.67. The third-order valence-electron chi connectivity index (χ3n) is 4.75. The third-order valence-corrected chi connectivity index (χ3v) is 4.75. The van der Waals surface area contributed by atoms with Crippen LogP contribution in [0.4, 0.5) is 0 Å². The topological polar surface area (TPSA) is 50.4 Å². The number of amides is 1. The number of ether oxygens (including phenoxy) is 1. The van der Waals surface area contributed by atoms with Gasteiger partial charge in [0, 0.05) is 12.1 Å². The minimum absolute atomic E-state index is 0.0547. The van der Waals surface area contributed by atoms with Gasteiger partial charge in [-0.25, -0.2) is 5.43 Å². The summed E-state index contributed by atoms with van der Waals surface area (Å²) in [5.41, 5.74) is 7.28. The van der Waals surface area contributed by atoms with E-state index in [4.69, 9.17) is 4.74 Å². The zero-order valence-corrected chi connectivity index (χ0v) is 15.5. The predicted molar refractivity (Wildman–Crippen MR) is 107 cm³/mol. The van der Waals surface area contributed by atoms with Gasteiger partial charge < -0.3 is 4.74 Å². The number of rotatable bonds is 9. The first-order valence-corrected chi connectivity index (χ1v) is 9.67. The average Bonchev–Trinajstić information content (AvgIpc) is 3.06. The van der Waals surface area contributed by atoms with Gasteiger partial charge in [0.2, 0.25) is 0 Å². The number of hydrogen-bond acceptors (Lipinski definition) is 3. The maximum atomic E-state index is 11.7. The van der Waals surface area contributed by atoms with Crippen LogP contribution in [0, 0.1) is 0 Å². The van der Waals surface area contributed by atoms with Crippen molar-refractivity contribution in [3.05, 3.63) is 47.5 Å². The van der Waals surface area contributed by atoms with Gasteiger partial charge in [-0.05, 0) is 41.0 Å². The average molecular weight is 352 g/mol. The summed E-state index contributed by atoms with van der Waals surface area (Å²) in [4.78, 5) is 11.7. The number of benzene rings is 2. The van der Waals surface area contributed by atoms with Crippen molar-refractivity contribution in [2.24, 2.45) is 0 Å². The highest BCUT2D eigenvalue weighted by Gasteiger charge is 2.15. The van der Waals surface area contributed by atoms with Crippen molar-refractivity contribution in [2.75, 3.05) is 13.2 Å². The molecule has 4 nitrogen and oxygen atoms in total. The lowest BCUT2D eigenvalue weighted by Crippen LogP contribution is -2.25. The molecule has 0 spiro atoms. The second-order valence-corrected chi connectivity index (χ2v) is 6.82. The molecule has 1 heterocycles. The lowest BCUT2D eigenvalue weighted by molar-refractivity contribution is -0.116. The number of hydrogen-bond donors (Lipinski definition) is 2. The number of carbonyl (C=O) groups is 1. The van der Waals surface area contributed by atoms with Gasteiger partial charge in [0.1, 0.15) is 5.75 Å². The fourth-order valence-corrected chi connectivity index (χ4v) is 3.26. The molecular weight excluding hydrogens is 324 g/mol. The van der Waals surface area contributed by atoms with Crippen molar-refractivity contribution in [1.82, 2.24) is 10.9 Å². The van der Waals surface area contributed by atoms with Gasteiger partial charge in [-0.1, -0.05) is 63.3 Å². The summed E-state index contributed by atoms with van der Waals surface area (Å²) < 4.78 is 5.92. The summed E-state index contributed by atoms with van der Waals surface area (Å²) >= 11 is 0. The van der Waals surface area contributed by atoms with Gasteiger partial charge in [0.05, 0.1) is 6.61 Å². The summed E-state index contributed by atoms with van der Waals surface area (Å²) in [7, 11) is 0. The molecule has 2 aromatic carbocycles. The summed E-state index contributed by atoms with van der Waals surface area (Å²) in [6.45, 7) is 3.56. The molecule has 0 aliphatic carbocycles. The van der Waals surface area contributed by atoms with Gasteiger partial charge in [0.15, 0.2) is 0 Å². The lowest BCUT2D eigenvalue weighted by Gasteiger charge is -2.09. The van der Waals surface area contributed by atoms with Gasteiger partial charge in [-0.15, -0.1) is 0 Å². The van der Waals surface area contributed by atoms with Crippen LogP contribution in [0.5, 0.6) is 5.75 Å². The monoisotopic (exact) mass is 352 g/mol. The van der Waals surface area contributed by atoms with Crippen molar-refractivity contribution < 1.29 is 9.53 Å². The second kappa shape index (κ2) is 9.39. The van der Waals surface area contributed by atoms with Crippen LogP contribution in [0.25, 0.3) is 16.8 Å². The Hall–Kier alpha value is -2.33. The van der Waals surface area contributed by atoms with Crippen molar-refractivity contribution in [1.29, 1.82) is 0 Å². The van der Waals surface area contributed by atoms with Crippen molar-refractivity contribution in [2.45, 2.75) is 45.4 Å². The van der Waals surface area contributed by atoms with Gasteiger partial charge in [0.25, 0.3) is 5.91 Å². The van der Waals surface area contributed by atoms with E-state index in [0.717, 1.165) is 40.7 Å². The normalized spacial score (nSPS) is 15.6. The molecule has 2 N–H and O–H groups in total. The quantitative estimate of drug-likeness (QED) is 0.512. The molecule has 1 aliphatic rings. The molecule has 2 aromatic rings. The zero-order chi connectivity index (χ0) is 18.2. The van der Waals surface area contributed by atoms with E-state index in [1.807, 2.05) is 24.3 Å². The summed E-state index contributed by atoms with van der Waals surface area (Å²) in [5.74, 6) is 0.858. The van der Waals surface area contributed by atoms with Crippen LogP contribution in [0.3, 0.4) is 0 Å². The highest BCUT2D eigenvalue weighted by molar-refractivity contribution is 6.02. The Morgan fingerprint density at radius 2 is 1.92 bits per heavy atom. The Morgan fingerprint density at radius 1 is 1.08 bits per heavy atom. The van der Waals surface area contributed by atoms with E-state index in [0.29, 0.717) is 6.54 Å². The van der Waals surface area contributed by atoms with Crippen LogP contribution in [0.15, 0.2) is 42.0 Å². The van der Waals surface area contributed by atoms with E-state index in [2.05, 4.69) is 36.0 Å². The number of carbonyl (C=O) groups excluding carboxylic acids is 1. The summed E-state index contributed by atoms with van der Waals surface area (Å²) in [6.07, 6.45) is 9.55. The minimum Gasteiger partial charge on any atom is -0.494 e. The SMILES string of the molecule is CCCCCCCCOc1ccc2c(/C=C3\CNNC3=O)cccc2c1. The lowest BCUT2D eigenvalue weighted by atomic mass is 10.0. The number of fused-ring (bicyclic) bond motifs is 1. The molecule has 0 unspecified atom stereocenters. The van der Waals surface area contributed by atoms with E-state index >= 15 is 0 Å². The number of unbranched alkanes of at least 4 members (excludes halogenated alkanes) is 5. The fourth-order valence-electron chi connectivity index (χ4n) is 3.26. The van der Waals surface area contributed by atoms with Gasteiger partial charge in [-0.2, -0.15) is 0 Å². The first-order valence-electron chi connectivity index (χ1n) is 9.67. The van der Waals surface area contributed by atoms with Crippen molar-refractivity contribution in [3.8, 4) is 5.75 Å². The van der Waals surface area contributed by atoms with Crippen LogP contribution in [0.2, 0.25) is 0 Å². The van der Waals surface area contributed by atoms with Crippen molar-refractivity contribution >= 4 is 22.8 Å². The molecule has 0 bridgehead atoms. The molecule has 138 valence electrons. The van der Waals surface area contributed by atoms with Gasteiger partial charge >= 0.3 is 0 Å². The number of nitrogens with one attached hydrogen (secondary N) is 2. The highest BCUT2D eigenvalue weighted by atomic mass is 16.5. The van der Waals surface area contributed by atoms with E-state index in [9.17, 15) is 4.79 Å². The molecule has 26 heavy (non-hydrogen) atoms. The third kappa shape index (κ3) is 4.85. The molecule has 0 atom stereocenters. The predicted octanol–water partition coefficient (Wildman–Crippen LogP) is 4.60. The highest BCUT2D eigenvalue weighted by Crippen LogP contribution is 2.26. The molecule has 1 aliphatic heterocycles. The molecule has 1 saturated heterocycles. The molecule has 1 fully saturated rings. The zero-order valence-electron chi connectivity index (χ0n) is 15.5. The van der Waals surface area contributed by atoms with Crippen LogP contribution in [-0.2, 0) is 4.79 Å². The smallest absolute Gasteiger partial charge is 0.262 e. The van der Waals surface area contributed by atoms with Crippen LogP contribution >= 0.6 is 0 Å². The fraction of sp³-hybridized carbons (Fsp3) is 0.409. The van der Waals surface area contributed by atoms with Crippen LogP contribution in [-0.4, -0.2) is 19.1 Å². The summed E-state index contributed by atoms with van der Waals surface area (Å²) in [6, 6.07) is 12.3. The van der Waals surface area contributed by atoms with Crippen LogP contribution < -0.4 is 15.6 Å². The molecule has 4 heteroatoms. The Morgan fingerprint density at radius 3 is 2.73 bits per heavy atom. The molecular formula is C22H28N2O2.